The standard InChI is InChI=1S/C15H17N5S/c1-11-8-14(20-15(18-11)16-10-17-20)19(2)9-12-4-6-13(21-3)7-5-12/h4-8,10H,9H2,1-3H3. The lowest BCUT2D eigenvalue weighted by atomic mass is 10.2. The van der Waals surface area contributed by atoms with Crippen molar-refractivity contribution in [3.05, 3.63) is 47.9 Å². The molecule has 0 fully saturated rings. The van der Waals surface area contributed by atoms with Crippen molar-refractivity contribution in [1.29, 1.82) is 0 Å². The van der Waals surface area contributed by atoms with Crippen LogP contribution in [0.2, 0.25) is 0 Å². The Kier molecular flexibility index (Phi) is 3.79. The van der Waals surface area contributed by atoms with E-state index >= 15 is 0 Å². The van der Waals surface area contributed by atoms with Gasteiger partial charge in [-0.2, -0.15) is 14.6 Å². The van der Waals surface area contributed by atoms with Crippen molar-refractivity contribution >= 4 is 23.4 Å². The van der Waals surface area contributed by atoms with Crippen molar-refractivity contribution < 1.29 is 0 Å². The van der Waals surface area contributed by atoms with E-state index in [0.29, 0.717) is 5.78 Å². The van der Waals surface area contributed by atoms with Crippen LogP contribution in [-0.4, -0.2) is 32.9 Å². The minimum atomic E-state index is 0.634. The van der Waals surface area contributed by atoms with E-state index in [-0.39, 0.29) is 0 Å². The first-order valence-corrected chi connectivity index (χ1v) is 7.91. The molecule has 2 heterocycles. The molecule has 1 aromatic carbocycles. The molecule has 0 aliphatic carbocycles. The third kappa shape index (κ3) is 2.85. The Hall–Kier alpha value is -2.08. The quantitative estimate of drug-likeness (QED) is 0.693. The van der Waals surface area contributed by atoms with Crippen molar-refractivity contribution in [2.45, 2.75) is 18.4 Å². The lowest BCUT2D eigenvalue weighted by Gasteiger charge is -2.20. The Morgan fingerprint density at radius 1 is 1.24 bits per heavy atom. The first kappa shape index (κ1) is 13.9. The average Bonchev–Trinajstić information content (AvgIpc) is 2.95. The number of hydrogen-bond acceptors (Lipinski definition) is 5. The average molecular weight is 299 g/mol. The maximum absolute atomic E-state index is 4.37. The molecule has 0 atom stereocenters. The third-order valence-corrected chi connectivity index (χ3v) is 4.07. The van der Waals surface area contributed by atoms with Gasteiger partial charge in [-0.15, -0.1) is 11.8 Å². The van der Waals surface area contributed by atoms with Gasteiger partial charge in [0.15, 0.2) is 0 Å². The van der Waals surface area contributed by atoms with Crippen molar-refractivity contribution in [1.82, 2.24) is 19.6 Å². The summed E-state index contributed by atoms with van der Waals surface area (Å²) in [5, 5.41) is 4.25. The number of nitrogens with zero attached hydrogens (tertiary/aromatic N) is 5. The largest absolute Gasteiger partial charge is 0.355 e. The molecule has 0 amide bonds. The Balaban J connectivity index is 1.89. The van der Waals surface area contributed by atoms with Gasteiger partial charge in [-0.25, -0.2) is 4.98 Å². The van der Waals surface area contributed by atoms with E-state index in [9.17, 15) is 0 Å². The van der Waals surface area contributed by atoms with E-state index in [2.05, 4.69) is 57.5 Å². The molecule has 3 rings (SSSR count). The fourth-order valence-electron chi connectivity index (χ4n) is 2.27. The lowest BCUT2D eigenvalue weighted by Crippen LogP contribution is -2.20. The summed E-state index contributed by atoms with van der Waals surface area (Å²) in [6, 6.07) is 10.6. The summed E-state index contributed by atoms with van der Waals surface area (Å²) in [7, 11) is 2.05. The van der Waals surface area contributed by atoms with E-state index in [0.717, 1.165) is 18.1 Å². The predicted molar refractivity (Wildman–Crippen MR) is 85.8 cm³/mol. The maximum Gasteiger partial charge on any atom is 0.254 e. The van der Waals surface area contributed by atoms with Gasteiger partial charge in [-0.1, -0.05) is 12.1 Å². The molecule has 0 saturated heterocycles. The van der Waals surface area contributed by atoms with Crippen LogP contribution >= 0.6 is 11.8 Å². The van der Waals surface area contributed by atoms with Gasteiger partial charge in [0.25, 0.3) is 5.78 Å². The van der Waals surface area contributed by atoms with Crippen LogP contribution in [0.25, 0.3) is 5.78 Å². The minimum Gasteiger partial charge on any atom is -0.355 e. The van der Waals surface area contributed by atoms with Crippen LogP contribution in [0.15, 0.2) is 41.6 Å². The topological polar surface area (TPSA) is 46.3 Å². The molecule has 0 bridgehead atoms. The zero-order chi connectivity index (χ0) is 14.8. The molecule has 0 radical (unpaired) electrons. The highest BCUT2D eigenvalue weighted by molar-refractivity contribution is 7.98. The molecule has 0 saturated carbocycles. The highest BCUT2D eigenvalue weighted by Crippen LogP contribution is 2.19. The maximum atomic E-state index is 4.37. The zero-order valence-electron chi connectivity index (χ0n) is 12.3. The van der Waals surface area contributed by atoms with Gasteiger partial charge in [0, 0.05) is 30.2 Å². The predicted octanol–water partition coefficient (Wildman–Crippen LogP) is 2.79. The highest BCUT2D eigenvalue weighted by Gasteiger charge is 2.10. The molecule has 21 heavy (non-hydrogen) atoms. The number of anilines is 1. The SMILES string of the molecule is CSc1ccc(CN(C)c2cc(C)nc3ncnn23)cc1. The summed E-state index contributed by atoms with van der Waals surface area (Å²) in [5.74, 6) is 1.62. The van der Waals surface area contributed by atoms with Crippen LogP contribution in [0.1, 0.15) is 11.3 Å². The Bertz CT molecular complexity index is 750. The monoisotopic (exact) mass is 299 g/mol. The molecule has 6 heteroatoms. The molecular weight excluding hydrogens is 282 g/mol. The van der Waals surface area contributed by atoms with Crippen LogP contribution in [0.5, 0.6) is 0 Å². The molecule has 3 aromatic rings. The third-order valence-electron chi connectivity index (χ3n) is 3.33. The van der Waals surface area contributed by atoms with E-state index in [1.54, 1.807) is 16.3 Å². The number of aryl methyl sites for hydroxylation is 1. The van der Waals surface area contributed by atoms with Crippen molar-refractivity contribution in [2.24, 2.45) is 0 Å². The number of fused-ring (bicyclic) bond motifs is 1. The van der Waals surface area contributed by atoms with Crippen LogP contribution < -0.4 is 4.90 Å². The first-order chi connectivity index (χ1) is 10.2. The Morgan fingerprint density at radius 3 is 2.71 bits per heavy atom. The molecule has 0 aliphatic heterocycles. The second kappa shape index (κ2) is 5.73. The van der Waals surface area contributed by atoms with Gasteiger partial charge in [0.1, 0.15) is 12.1 Å². The fraction of sp³-hybridized carbons (Fsp3) is 0.267. The van der Waals surface area contributed by atoms with Gasteiger partial charge in [0.2, 0.25) is 0 Å². The summed E-state index contributed by atoms with van der Waals surface area (Å²) in [5.41, 5.74) is 2.20. The van der Waals surface area contributed by atoms with Crippen LogP contribution in [0, 0.1) is 6.92 Å². The van der Waals surface area contributed by atoms with E-state index in [1.807, 2.05) is 13.0 Å². The van der Waals surface area contributed by atoms with Crippen LogP contribution in [0.4, 0.5) is 5.82 Å². The summed E-state index contributed by atoms with van der Waals surface area (Å²) in [6.45, 7) is 2.78. The fourth-order valence-corrected chi connectivity index (χ4v) is 2.68. The normalized spacial score (nSPS) is 11.0. The Morgan fingerprint density at radius 2 is 2.00 bits per heavy atom. The van der Waals surface area contributed by atoms with Gasteiger partial charge in [-0.3, -0.25) is 0 Å². The van der Waals surface area contributed by atoms with Crippen molar-refractivity contribution in [2.75, 3.05) is 18.2 Å². The molecule has 0 aliphatic rings. The molecular formula is C15H17N5S. The summed E-state index contributed by atoms with van der Waals surface area (Å²) < 4.78 is 1.77. The number of benzene rings is 1. The number of rotatable bonds is 4. The Labute approximate surface area is 128 Å². The second-order valence-electron chi connectivity index (χ2n) is 4.93. The van der Waals surface area contributed by atoms with Gasteiger partial charge < -0.3 is 4.90 Å². The first-order valence-electron chi connectivity index (χ1n) is 6.69. The van der Waals surface area contributed by atoms with Crippen molar-refractivity contribution in [3.8, 4) is 0 Å². The lowest BCUT2D eigenvalue weighted by molar-refractivity contribution is 0.827. The molecule has 0 spiro atoms. The summed E-state index contributed by atoms with van der Waals surface area (Å²) in [6.07, 6.45) is 3.62. The van der Waals surface area contributed by atoms with Gasteiger partial charge in [-0.05, 0) is 30.9 Å². The number of thioether (sulfide) groups is 1. The molecule has 108 valence electrons. The van der Waals surface area contributed by atoms with E-state index in [1.165, 1.54) is 16.8 Å². The highest BCUT2D eigenvalue weighted by atomic mass is 32.2. The van der Waals surface area contributed by atoms with E-state index < -0.39 is 0 Å². The van der Waals surface area contributed by atoms with E-state index in [4.69, 9.17) is 0 Å². The molecule has 0 unspecified atom stereocenters. The summed E-state index contributed by atoms with van der Waals surface area (Å²) >= 11 is 1.75. The number of hydrogen-bond donors (Lipinski definition) is 0. The minimum absolute atomic E-state index is 0.634. The van der Waals surface area contributed by atoms with Crippen LogP contribution in [0.3, 0.4) is 0 Å². The van der Waals surface area contributed by atoms with Crippen LogP contribution in [-0.2, 0) is 6.54 Å². The molecule has 5 nitrogen and oxygen atoms in total. The van der Waals surface area contributed by atoms with Gasteiger partial charge >= 0.3 is 0 Å². The molecule has 0 N–H and O–H groups in total. The van der Waals surface area contributed by atoms with Crippen molar-refractivity contribution in [3.63, 3.8) is 0 Å². The smallest absolute Gasteiger partial charge is 0.254 e. The second-order valence-corrected chi connectivity index (χ2v) is 5.81. The zero-order valence-corrected chi connectivity index (χ0v) is 13.1. The van der Waals surface area contributed by atoms with Gasteiger partial charge in [0.05, 0.1) is 0 Å². The molecule has 2 aromatic heterocycles. The number of aromatic nitrogens is 4. The summed E-state index contributed by atoms with van der Waals surface area (Å²) in [4.78, 5) is 12.0.